The topological polar surface area (TPSA) is 55.1 Å². The Bertz CT molecular complexity index is 719. The summed E-state index contributed by atoms with van der Waals surface area (Å²) in [5.74, 6) is 0.168. The van der Waals surface area contributed by atoms with Crippen molar-refractivity contribution in [3.63, 3.8) is 0 Å². The summed E-state index contributed by atoms with van der Waals surface area (Å²) in [6.45, 7) is 0.660. The summed E-state index contributed by atoms with van der Waals surface area (Å²) in [6, 6.07) is 7.69. The van der Waals surface area contributed by atoms with E-state index in [1.807, 2.05) is 0 Å². The number of nitrogens with one attached hydrogen (secondary N) is 1. The molecule has 1 aliphatic carbocycles. The van der Waals surface area contributed by atoms with Crippen LogP contribution in [0.25, 0.3) is 11.3 Å². The molecule has 1 N–H and O–H groups in total. The second kappa shape index (κ2) is 7.90. The highest BCUT2D eigenvalue weighted by atomic mass is 19.1. The molecule has 126 valence electrons. The van der Waals surface area contributed by atoms with Crippen molar-refractivity contribution in [3.05, 3.63) is 53.5 Å². The van der Waals surface area contributed by atoms with Crippen LogP contribution >= 0.6 is 0 Å². The first-order chi connectivity index (χ1) is 11.7. The zero-order chi connectivity index (χ0) is 16.8. The molecule has 4 nitrogen and oxygen atoms in total. The van der Waals surface area contributed by atoms with E-state index in [-0.39, 0.29) is 18.1 Å². The average Bonchev–Trinajstić information content (AvgIpc) is 3.05. The smallest absolute Gasteiger partial charge is 0.226 e. The summed E-state index contributed by atoms with van der Waals surface area (Å²) < 4.78 is 18.2. The van der Waals surface area contributed by atoms with Crippen LogP contribution < -0.4 is 5.32 Å². The molecule has 0 saturated heterocycles. The van der Waals surface area contributed by atoms with Crippen molar-refractivity contribution in [3.8, 4) is 11.3 Å². The van der Waals surface area contributed by atoms with Crippen molar-refractivity contribution in [2.75, 3.05) is 6.54 Å². The maximum absolute atomic E-state index is 12.9. The Hall–Kier alpha value is -2.43. The Morgan fingerprint density at radius 3 is 2.83 bits per heavy atom. The minimum Gasteiger partial charge on any atom is -0.356 e. The lowest BCUT2D eigenvalue weighted by atomic mass is 9.97. The molecule has 0 radical (unpaired) electrons. The molecule has 24 heavy (non-hydrogen) atoms. The predicted molar refractivity (Wildman–Crippen MR) is 89.8 cm³/mol. The lowest BCUT2D eigenvalue weighted by Crippen LogP contribution is -2.26. The monoisotopic (exact) mass is 328 g/mol. The first kappa shape index (κ1) is 16.4. The molecule has 5 heteroatoms. The van der Waals surface area contributed by atoms with Crippen molar-refractivity contribution < 1.29 is 13.7 Å². The molecule has 1 heterocycles. The third-order valence-corrected chi connectivity index (χ3v) is 4.18. The fourth-order valence-electron chi connectivity index (χ4n) is 2.87. The van der Waals surface area contributed by atoms with E-state index in [4.69, 9.17) is 4.52 Å². The van der Waals surface area contributed by atoms with Crippen LogP contribution in [-0.2, 0) is 11.2 Å². The molecule has 0 bridgehead atoms. The number of hydrogen-bond acceptors (Lipinski definition) is 3. The van der Waals surface area contributed by atoms with E-state index in [0.717, 1.165) is 24.8 Å². The fourth-order valence-corrected chi connectivity index (χ4v) is 2.87. The van der Waals surface area contributed by atoms with Gasteiger partial charge in [0.2, 0.25) is 5.91 Å². The van der Waals surface area contributed by atoms with Gasteiger partial charge in [-0.05, 0) is 56.4 Å². The third-order valence-electron chi connectivity index (χ3n) is 4.18. The quantitative estimate of drug-likeness (QED) is 0.815. The van der Waals surface area contributed by atoms with E-state index in [0.29, 0.717) is 18.0 Å². The average molecular weight is 328 g/mol. The van der Waals surface area contributed by atoms with Crippen molar-refractivity contribution >= 4 is 5.91 Å². The summed E-state index contributed by atoms with van der Waals surface area (Å²) >= 11 is 0. The number of hydrogen-bond donors (Lipinski definition) is 1. The van der Waals surface area contributed by atoms with E-state index in [1.54, 1.807) is 18.2 Å². The van der Waals surface area contributed by atoms with Gasteiger partial charge in [0.15, 0.2) is 5.76 Å². The van der Waals surface area contributed by atoms with Crippen LogP contribution in [0.4, 0.5) is 4.39 Å². The zero-order valence-electron chi connectivity index (χ0n) is 13.6. The highest BCUT2D eigenvalue weighted by molar-refractivity contribution is 5.78. The Balaban J connectivity index is 1.48. The summed E-state index contributed by atoms with van der Waals surface area (Å²) in [5.41, 5.74) is 2.75. The second-order valence-corrected chi connectivity index (χ2v) is 6.07. The minimum absolute atomic E-state index is 0.0645. The predicted octanol–water partition coefficient (Wildman–Crippen LogP) is 4.03. The molecule has 1 aromatic heterocycles. The van der Waals surface area contributed by atoms with Gasteiger partial charge in [0.05, 0.1) is 12.1 Å². The molecule has 3 rings (SSSR count). The van der Waals surface area contributed by atoms with E-state index in [1.165, 1.54) is 30.5 Å². The van der Waals surface area contributed by atoms with Gasteiger partial charge >= 0.3 is 0 Å². The molecular weight excluding hydrogens is 307 g/mol. The van der Waals surface area contributed by atoms with Crippen molar-refractivity contribution in [2.24, 2.45) is 0 Å². The normalized spacial score (nSPS) is 14.3. The molecule has 0 atom stereocenters. The highest BCUT2D eigenvalue weighted by Gasteiger charge is 2.11. The molecule has 1 aromatic carbocycles. The van der Waals surface area contributed by atoms with E-state index >= 15 is 0 Å². The van der Waals surface area contributed by atoms with Crippen LogP contribution in [0.2, 0.25) is 0 Å². The summed E-state index contributed by atoms with van der Waals surface area (Å²) in [5, 5.41) is 6.84. The van der Waals surface area contributed by atoms with Crippen LogP contribution in [0.15, 0.2) is 46.5 Å². The second-order valence-electron chi connectivity index (χ2n) is 6.07. The van der Waals surface area contributed by atoms with E-state index in [9.17, 15) is 9.18 Å². The SMILES string of the molecule is O=C(Cc1cc(-c2ccc(F)cc2)on1)NCCC1=CCCCC1. The van der Waals surface area contributed by atoms with Crippen LogP contribution in [0.5, 0.6) is 0 Å². The number of carbonyl (C=O) groups is 1. The molecule has 0 saturated carbocycles. The third kappa shape index (κ3) is 4.54. The van der Waals surface area contributed by atoms with Gasteiger partial charge in [0.25, 0.3) is 0 Å². The zero-order valence-corrected chi connectivity index (χ0v) is 13.6. The molecule has 0 aliphatic heterocycles. The molecular formula is C19H21FN2O2. The lowest BCUT2D eigenvalue weighted by Gasteiger charge is -2.12. The van der Waals surface area contributed by atoms with Crippen molar-refractivity contribution in [2.45, 2.75) is 38.5 Å². The van der Waals surface area contributed by atoms with Gasteiger partial charge in [0, 0.05) is 18.2 Å². The standard InChI is InChI=1S/C19H21FN2O2/c20-16-8-6-15(7-9-16)18-12-17(22-24-18)13-19(23)21-11-10-14-4-2-1-3-5-14/h4,6-9,12H,1-3,5,10-11,13H2,(H,21,23). The maximum atomic E-state index is 12.9. The summed E-state index contributed by atoms with van der Waals surface area (Å²) in [6.07, 6.45) is 8.25. The fraction of sp³-hybridized carbons (Fsp3) is 0.368. The van der Waals surface area contributed by atoms with Gasteiger partial charge in [-0.15, -0.1) is 0 Å². The van der Waals surface area contributed by atoms with Gasteiger partial charge in [-0.1, -0.05) is 16.8 Å². The number of nitrogens with zero attached hydrogens (tertiary/aromatic N) is 1. The van der Waals surface area contributed by atoms with Crippen molar-refractivity contribution in [1.82, 2.24) is 10.5 Å². The van der Waals surface area contributed by atoms with Gasteiger partial charge < -0.3 is 9.84 Å². The molecule has 0 spiro atoms. The first-order valence-electron chi connectivity index (χ1n) is 8.37. The van der Waals surface area contributed by atoms with Crippen LogP contribution in [0, 0.1) is 5.82 Å². The number of halogens is 1. The Morgan fingerprint density at radius 1 is 1.25 bits per heavy atom. The molecule has 0 unspecified atom stereocenters. The summed E-state index contributed by atoms with van der Waals surface area (Å²) in [7, 11) is 0. The summed E-state index contributed by atoms with van der Waals surface area (Å²) in [4.78, 5) is 12.0. The maximum Gasteiger partial charge on any atom is 0.226 e. The molecule has 1 aliphatic rings. The van der Waals surface area contributed by atoms with Gasteiger partial charge in [0.1, 0.15) is 5.82 Å². The minimum atomic E-state index is -0.300. The number of benzene rings is 1. The van der Waals surface area contributed by atoms with Gasteiger partial charge in [-0.3, -0.25) is 4.79 Å². The van der Waals surface area contributed by atoms with E-state index in [2.05, 4.69) is 16.5 Å². The van der Waals surface area contributed by atoms with Crippen LogP contribution in [0.3, 0.4) is 0 Å². The molecule has 1 amide bonds. The van der Waals surface area contributed by atoms with Crippen LogP contribution in [0.1, 0.15) is 37.8 Å². The van der Waals surface area contributed by atoms with Gasteiger partial charge in [-0.2, -0.15) is 0 Å². The number of rotatable bonds is 6. The lowest BCUT2D eigenvalue weighted by molar-refractivity contribution is -0.120. The van der Waals surface area contributed by atoms with Crippen LogP contribution in [-0.4, -0.2) is 17.6 Å². The Labute approximate surface area is 140 Å². The Kier molecular flexibility index (Phi) is 5.41. The van der Waals surface area contributed by atoms with E-state index < -0.39 is 0 Å². The molecule has 2 aromatic rings. The number of amides is 1. The number of carbonyl (C=O) groups excluding carboxylic acids is 1. The highest BCUT2D eigenvalue weighted by Crippen LogP contribution is 2.21. The van der Waals surface area contributed by atoms with Gasteiger partial charge in [-0.25, -0.2) is 4.39 Å². The first-order valence-corrected chi connectivity index (χ1v) is 8.37. The van der Waals surface area contributed by atoms with Crippen molar-refractivity contribution in [1.29, 1.82) is 0 Å². The number of aromatic nitrogens is 1. The number of allylic oxidation sites excluding steroid dienone is 1. The molecule has 0 fully saturated rings. The Morgan fingerprint density at radius 2 is 2.08 bits per heavy atom. The largest absolute Gasteiger partial charge is 0.356 e.